The predicted octanol–water partition coefficient (Wildman–Crippen LogP) is 5.48. The Hall–Kier alpha value is -3.79. The highest BCUT2D eigenvalue weighted by Crippen LogP contribution is 2.29. The molecule has 0 aliphatic heterocycles. The van der Waals surface area contributed by atoms with Gasteiger partial charge in [0.25, 0.3) is 0 Å². The zero-order valence-electron chi connectivity index (χ0n) is 14.5. The number of hydrogen-bond acceptors (Lipinski definition) is 4. The van der Waals surface area contributed by atoms with Crippen molar-refractivity contribution in [2.24, 2.45) is 0 Å². The number of nitrogen functional groups attached to an aromatic ring is 1. The zero-order chi connectivity index (χ0) is 18.6. The van der Waals surface area contributed by atoms with Crippen molar-refractivity contribution in [3.63, 3.8) is 0 Å². The molecular formula is C23H17NO3. The maximum Gasteiger partial charge on any atom is 0.359 e. The second-order valence-electron chi connectivity index (χ2n) is 6.05. The zero-order valence-corrected chi connectivity index (χ0v) is 14.5. The standard InChI is InChI=1S/C14H10O.C9H7NO2/c1-2-6-11(7-3-1)14-13-9-5-4-8-12(13)10-15-14;10-7-5-6-3-1-2-4-8(6)12-9(7)11/h1-10H;1-5H,10H2. The first kappa shape index (κ1) is 16.7. The fourth-order valence-electron chi connectivity index (χ4n) is 2.88. The van der Waals surface area contributed by atoms with Gasteiger partial charge in [-0.25, -0.2) is 4.79 Å². The molecule has 0 aliphatic carbocycles. The molecule has 0 bridgehead atoms. The van der Waals surface area contributed by atoms with Crippen LogP contribution in [0.3, 0.4) is 0 Å². The van der Waals surface area contributed by atoms with E-state index in [0.29, 0.717) is 5.58 Å². The van der Waals surface area contributed by atoms with E-state index in [4.69, 9.17) is 14.6 Å². The van der Waals surface area contributed by atoms with E-state index in [9.17, 15) is 4.79 Å². The van der Waals surface area contributed by atoms with Crippen LogP contribution < -0.4 is 11.4 Å². The first-order chi connectivity index (χ1) is 13.2. The molecule has 0 aliphatic rings. The molecule has 27 heavy (non-hydrogen) atoms. The van der Waals surface area contributed by atoms with Crippen LogP contribution >= 0.6 is 0 Å². The molecule has 132 valence electrons. The summed E-state index contributed by atoms with van der Waals surface area (Å²) in [5.74, 6) is 0.950. The van der Waals surface area contributed by atoms with E-state index in [1.165, 1.54) is 5.39 Å². The molecular weight excluding hydrogens is 338 g/mol. The summed E-state index contributed by atoms with van der Waals surface area (Å²) >= 11 is 0. The van der Waals surface area contributed by atoms with Crippen molar-refractivity contribution in [1.82, 2.24) is 0 Å². The van der Waals surface area contributed by atoms with Gasteiger partial charge in [-0.3, -0.25) is 0 Å². The molecule has 2 N–H and O–H groups in total. The van der Waals surface area contributed by atoms with Gasteiger partial charge in [0.15, 0.2) is 0 Å². The third-order valence-corrected chi connectivity index (χ3v) is 4.21. The number of furan rings is 1. The molecule has 0 fully saturated rings. The summed E-state index contributed by atoms with van der Waals surface area (Å²) in [6.07, 6.45) is 1.80. The number of anilines is 1. The van der Waals surface area contributed by atoms with Gasteiger partial charge in [-0.05, 0) is 12.1 Å². The molecule has 0 atom stereocenters. The van der Waals surface area contributed by atoms with E-state index in [1.807, 2.05) is 48.5 Å². The monoisotopic (exact) mass is 355 g/mol. The second-order valence-corrected chi connectivity index (χ2v) is 6.05. The van der Waals surface area contributed by atoms with Crippen molar-refractivity contribution >= 4 is 27.4 Å². The number of para-hydroxylation sites is 1. The van der Waals surface area contributed by atoms with Crippen LogP contribution in [-0.4, -0.2) is 0 Å². The van der Waals surface area contributed by atoms with Crippen molar-refractivity contribution in [1.29, 1.82) is 0 Å². The maximum atomic E-state index is 10.9. The smallest absolute Gasteiger partial charge is 0.359 e. The lowest BCUT2D eigenvalue weighted by molar-refractivity contribution is 0.564. The third-order valence-electron chi connectivity index (χ3n) is 4.21. The number of fused-ring (bicyclic) bond motifs is 2. The Morgan fingerprint density at radius 3 is 2.22 bits per heavy atom. The van der Waals surface area contributed by atoms with Crippen molar-refractivity contribution in [2.75, 3.05) is 5.73 Å². The van der Waals surface area contributed by atoms with Gasteiger partial charge >= 0.3 is 5.63 Å². The van der Waals surface area contributed by atoms with Crippen LogP contribution in [0.15, 0.2) is 105 Å². The molecule has 0 saturated heterocycles. The van der Waals surface area contributed by atoms with Gasteiger partial charge in [-0.15, -0.1) is 0 Å². The average molecular weight is 355 g/mol. The molecule has 2 aromatic heterocycles. The molecule has 0 radical (unpaired) electrons. The van der Waals surface area contributed by atoms with E-state index >= 15 is 0 Å². The minimum absolute atomic E-state index is 0.147. The van der Waals surface area contributed by atoms with Gasteiger partial charge in [0.2, 0.25) is 0 Å². The van der Waals surface area contributed by atoms with Gasteiger partial charge in [-0.2, -0.15) is 0 Å². The third kappa shape index (κ3) is 3.46. The summed E-state index contributed by atoms with van der Waals surface area (Å²) in [4.78, 5) is 10.9. The van der Waals surface area contributed by atoms with E-state index < -0.39 is 5.63 Å². The van der Waals surface area contributed by atoms with Crippen molar-refractivity contribution in [3.8, 4) is 11.3 Å². The van der Waals surface area contributed by atoms with Gasteiger partial charge < -0.3 is 14.6 Å². The maximum absolute atomic E-state index is 10.9. The number of rotatable bonds is 1. The molecule has 4 nitrogen and oxygen atoms in total. The summed E-state index contributed by atoms with van der Waals surface area (Å²) in [6.45, 7) is 0. The number of hydrogen-bond donors (Lipinski definition) is 1. The first-order valence-corrected chi connectivity index (χ1v) is 8.52. The van der Waals surface area contributed by atoms with Crippen LogP contribution in [0.2, 0.25) is 0 Å². The molecule has 0 spiro atoms. The SMILES string of the molecule is Nc1cc2ccccc2oc1=O.c1ccc(-c2occ3ccccc23)cc1. The summed E-state index contributed by atoms with van der Waals surface area (Å²) < 4.78 is 10.5. The van der Waals surface area contributed by atoms with E-state index in [-0.39, 0.29) is 5.69 Å². The lowest BCUT2D eigenvalue weighted by Crippen LogP contribution is -2.05. The molecule has 0 amide bonds. The van der Waals surface area contributed by atoms with E-state index in [1.54, 1.807) is 18.4 Å². The lowest BCUT2D eigenvalue weighted by atomic mass is 10.1. The van der Waals surface area contributed by atoms with Crippen LogP contribution in [0.1, 0.15) is 0 Å². The molecule has 5 rings (SSSR count). The minimum Gasteiger partial charge on any atom is -0.463 e. The largest absolute Gasteiger partial charge is 0.463 e. The molecule has 4 heteroatoms. The van der Waals surface area contributed by atoms with Crippen LogP contribution in [0, 0.1) is 0 Å². The molecule has 0 unspecified atom stereocenters. The predicted molar refractivity (Wildman–Crippen MR) is 109 cm³/mol. The molecule has 3 aromatic carbocycles. The Labute approximate surface area is 155 Å². The van der Waals surface area contributed by atoms with Crippen LogP contribution in [0.25, 0.3) is 33.1 Å². The van der Waals surface area contributed by atoms with Gasteiger partial charge in [-0.1, -0.05) is 72.8 Å². The average Bonchev–Trinajstić information content (AvgIpc) is 3.14. The van der Waals surface area contributed by atoms with E-state index in [2.05, 4.69) is 24.3 Å². The Morgan fingerprint density at radius 1 is 0.741 bits per heavy atom. The summed E-state index contributed by atoms with van der Waals surface area (Å²) in [6, 6.07) is 27.2. The van der Waals surface area contributed by atoms with Crippen LogP contribution in [0.5, 0.6) is 0 Å². The highest BCUT2D eigenvalue weighted by molar-refractivity contribution is 5.93. The molecule has 5 aromatic rings. The number of nitrogens with two attached hydrogens (primary N) is 1. The highest BCUT2D eigenvalue weighted by Gasteiger charge is 2.06. The van der Waals surface area contributed by atoms with Gasteiger partial charge in [0.05, 0.1) is 6.26 Å². The normalized spacial score (nSPS) is 10.5. The Morgan fingerprint density at radius 2 is 1.41 bits per heavy atom. The fraction of sp³-hybridized carbons (Fsp3) is 0. The summed E-state index contributed by atoms with van der Waals surface area (Å²) in [5, 5.41) is 3.16. The van der Waals surface area contributed by atoms with Crippen LogP contribution in [-0.2, 0) is 0 Å². The van der Waals surface area contributed by atoms with E-state index in [0.717, 1.165) is 22.1 Å². The van der Waals surface area contributed by atoms with Crippen LogP contribution in [0.4, 0.5) is 5.69 Å². The highest BCUT2D eigenvalue weighted by atomic mass is 16.4. The quantitative estimate of drug-likeness (QED) is 0.405. The van der Waals surface area contributed by atoms with Gasteiger partial charge in [0.1, 0.15) is 17.0 Å². The topological polar surface area (TPSA) is 69.4 Å². The first-order valence-electron chi connectivity index (χ1n) is 8.52. The Bertz CT molecular complexity index is 1250. The second kappa shape index (κ2) is 7.22. The fourth-order valence-corrected chi connectivity index (χ4v) is 2.88. The Kier molecular flexibility index (Phi) is 4.45. The van der Waals surface area contributed by atoms with Crippen molar-refractivity contribution in [3.05, 3.63) is 102 Å². The molecule has 2 heterocycles. The van der Waals surface area contributed by atoms with Crippen molar-refractivity contribution in [2.45, 2.75) is 0 Å². The molecule has 0 saturated carbocycles. The summed E-state index contributed by atoms with van der Waals surface area (Å²) in [7, 11) is 0. The lowest BCUT2D eigenvalue weighted by Gasteiger charge is -1.96. The Balaban J connectivity index is 0.000000137. The van der Waals surface area contributed by atoms with Crippen molar-refractivity contribution < 1.29 is 8.83 Å². The van der Waals surface area contributed by atoms with Gasteiger partial charge in [0, 0.05) is 21.7 Å². The number of benzene rings is 3. The summed E-state index contributed by atoms with van der Waals surface area (Å²) in [5.41, 5.74) is 6.74. The minimum atomic E-state index is -0.478.